The van der Waals surface area contributed by atoms with Crippen LogP contribution in [0.3, 0.4) is 0 Å². The zero-order chi connectivity index (χ0) is 25.9. The molecule has 0 aliphatic rings. The first-order valence-corrected chi connectivity index (χ1v) is 14.0. The van der Waals surface area contributed by atoms with E-state index >= 15 is 0 Å². The van der Waals surface area contributed by atoms with Gasteiger partial charge in [-0.1, -0.05) is 35.9 Å². The SMILES string of the molecule is CCN(c1ccccc1)S(=O)(=O)c1ccc(NC(=O)c2ccc(S(=O)(=O)c3ccc(C)cc3)o2)cc1. The van der Waals surface area contributed by atoms with Crippen LogP contribution in [0.15, 0.2) is 110 Å². The number of rotatable bonds is 8. The van der Waals surface area contributed by atoms with Gasteiger partial charge in [-0.2, -0.15) is 0 Å². The predicted octanol–water partition coefficient (Wildman–Crippen LogP) is 4.89. The highest BCUT2D eigenvalue weighted by molar-refractivity contribution is 7.92. The molecule has 3 aromatic carbocycles. The number of furan rings is 1. The Bertz CT molecular complexity index is 1580. The van der Waals surface area contributed by atoms with Crippen molar-refractivity contribution in [1.29, 1.82) is 0 Å². The molecule has 0 aliphatic carbocycles. The molecule has 0 saturated carbocycles. The largest absolute Gasteiger partial charge is 0.439 e. The predicted molar refractivity (Wildman–Crippen MR) is 136 cm³/mol. The van der Waals surface area contributed by atoms with Gasteiger partial charge in [-0.15, -0.1) is 0 Å². The topological polar surface area (TPSA) is 114 Å². The van der Waals surface area contributed by atoms with E-state index in [0.717, 1.165) is 5.56 Å². The first kappa shape index (κ1) is 25.2. The van der Waals surface area contributed by atoms with Gasteiger partial charge in [0.1, 0.15) is 0 Å². The van der Waals surface area contributed by atoms with Crippen LogP contribution in [-0.2, 0) is 19.9 Å². The second-order valence-electron chi connectivity index (χ2n) is 7.92. The quantitative estimate of drug-likeness (QED) is 0.351. The minimum atomic E-state index is -3.91. The summed E-state index contributed by atoms with van der Waals surface area (Å²) in [6.07, 6.45) is 0. The summed E-state index contributed by atoms with van der Waals surface area (Å²) in [7, 11) is -7.72. The normalized spacial score (nSPS) is 11.7. The summed E-state index contributed by atoms with van der Waals surface area (Å²) in [6.45, 7) is 3.84. The Hall–Kier alpha value is -3.89. The number of nitrogens with one attached hydrogen (secondary N) is 1. The van der Waals surface area contributed by atoms with Crippen molar-refractivity contribution in [2.75, 3.05) is 16.2 Å². The maximum atomic E-state index is 13.1. The van der Waals surface area contributed by atoms with Gasteiger partial charge in [0.25, 0.3) is 15.9 Å². The fourth-order valence-corrected chi connectivity index (χ4v) is 6.18. The molecule has 0 spiro atoms. The standard InChI is InChI=1S/C26H24N2O6S2/c1-3-28(21-7-5-4-6-8-21)36(32,33)23-15-11-20(12-16-23)27-26(29)24-17-18-25(34-24)35(30,31)22-13-9-19(2)10-14-22/h4-18H,3H2,1-2H3,(H,27,29). The van der Waals surface area contributed by atoms with Crippen molar-refractivity contribution in [3.05, 3.63) is 102 Å². The zero-order valence-corrected chi connectivity index (χ0v) is 21.2. The van der Waals surface area contributed by atoms with Gasteiger partial charge in [-0.25, -0.2) is 16.8 Å². The van der Waals surface area contributed by atoms with Gasteiger partial charge < -0.3 is 9.73 Å². The maximum Gasteiger partial charge on any atom is 0.291 e. The van der Waals surface area contributed by atoms with E-state index < -0.39 is 25.8 Å². The van der Waals surface area contributed by atoms with Crippen molar-refractivity contribution >= 4 is 37.1 Å². The van der Waals surface area contributed by atoms with E-state index in [9.17, 15) is 21.6 Å². The van der Waals surface area contributed by atoms with Crippen molar-refractivity contribution < 1.29 is 26.0 Å². The molecule has 8 nitrogen and oxygen atoms in total. The fourth-order valence-electron chi connectivity index (χ4n) is 3.54. The smallest absolute Gasteiger partial charge is 0.291 e. The van der Waals surface area contributed by atoms with Crippen LogP contribution in [0.2, 0.25) is 0 Å². The summed E-state index contributed by atoms with van der Waals surface area (Å²) in [4.78, 5) is 12.8. The van der Waals surface area contributed by atoms with E-state index in [-0.39, 0.29) is 27.2 Å². The van der Waals surface area contributed by atoms with Gasteiger partial charge in [0, 0.05) is 12.2 Å². The molecule has 0 fully saturated rings. The third-order valence-electron chi connectivity index (χ3n) is 5.43. The van der Waals surface area contributed by atoms with E-state index in [4.69, 9.17) is 4.42 Å². The molecule has 0 radical (unpaired) electrons. The molecule has 36 heavy (non-hydrogen) atoms. The molecule has 0 atom stereocenters. The Balaban J connectivity index is 1.50. The summed E-state index contributed by atoms with van der Waals surface area (Å²) in [6, 6.07) is 23.2. The third-order valence-corrected chi connectivity index (χ3v) is 8.99. The van der Waals surface area contributed by atoms with Gasteiger partial charge in [-0.3, -0.25) is 9.10 Å². The number of anilines is 2. The van der Waals surface area contributed by atoms with Gasteiger partial charge in [0.2, 0.25) is 14.9 Å². The van der Waals surface area contributed by atoms with Crippen LogP contribution < -0.4 is 9.62 Å². The maximum absolute atomic E-state index is 13.1. The van der Waals surface area contributed by atoms with Gasteiger partial charge in [-0.05, 0) is 74.5 Å². The number of amides is 1. The first-order chi connectivity index (χ1) is 17.1. The number of para-hydroxylation sites is 1. The third kappa shape index (κ3) is 5.05. The lowest BCUT2D eigenvalue weighted by Gasteiger charge is -2.23. The average Bonchev–Trinajstić information content (AvgIpc) is 3.37. The second kappa shape index (κ2) is 10.00. The average molecular weight is 525 g/mol. The van der Waals surface area contributed by atoms with Crippen molar-refractivity contribution in [3.63, 3.8) is 0 Å². The van der Waals surface area contributed by atoms with Crippen LogP contribution in [0.5, 0.6) is 0 Å². The molecular weight excluding hydrogens is 500 g/mol. The number of aryl methyl sites for hydroxylation is 1. The van der Waals surface area contributed by atoms with E-state index in [2.05, 4.69) is 5.32 Å². The number of sulfonamides is 1. The van der Waals surface area contributed by atoms with Crippen LogP contribution >= 0.6 is 0 Å². The van der Waals surface area contributed by atoms with E-state index in [1.54, 1.807) is 49.4 Å². The van der Waals surface area contributed by atoms with E-state index in [1.165, 1.54) is 52.8 Å². The molecular formula is C26H24N2O6S2. The number of sulfone groups is 1. The molecule has 0 unspecified atom stereocenters. The van der Waals surface area contributed by atoms with Crippen molar-refractivity contribution in [3.8, 4) is 0 Å². The van der Waals surface area contributed by atoms with Crippen LogP contribution in [0.1, 0.15) is 23.0 Å². The minimum absolute atomic E-state index is 0.0582. The van der Waals surface area contributed by atoms with Crippen LogP contribution in [0, 0.1) is 6.92 Å². The highest BCUT2D eigenvalue weighted by atomic mass is 32.2. The number of hydrogen-bond acceptors (Lipinski definition) is 6. The molecule has 1 aromatic heterocycles. The van der Waals surface area contributed by atoms with Gasteiger partial charge in [0.15, 0.2) is 5.76 Å². The molecule has 0 saturated heterocycles. The van der Waals surface area contributed by atoms with Crippen molar-refractivity contribution in [2.24, 2.45) is 0 Å². The molecule has 1 amide bonds. The lowest BCUT2D eigenvalue weighted by atomic mass is 10.2. The number of nitrogens with zero attached hydrogens (tertiary/aromatic N) is 1. The monoisotopic (exact) mass is 524 g/mol. The summed E-state index contributed by atoms with van der Waals surface area (Å²) < 4.78 is 58.4. The highest BCUT2D eigenvalue weighted by Gasteiger charge is 2.25. The Morgan fingerprint density at radius 2 is 1.42 bits per heavy atom. The molecule has 186 valence electrons. The number of benzene rings is 3. The molecule has 4 rings (SSSR count). The Labute approximate surface area is 210 Å². The second-order valence-corrected chi connectivity index (χ2v) is 11.7. The molecule has 10 heteroatoms. The molecule has 0 aliphatic heterocycles. The van der Waals surface area contributed by atoms with Crippen LogP contribution in [0.25, 0.3) is 0 Å². The Morgan fingerprint density at radius 3 is 2.03 bits per heavy atom. The summed E-state index contributed by atoms with van der Waals surface area (Å²) in [5, 5.41) is 2.24. The molecule has 1 N–H and O–H groups in total. The Morgan fingerprint density at radius 1 is 0.806 bits per heavy atom. The summed E-state index contributed by atoms with van der Waals surface area (Å²) in [5.74, 6) is -0.867. The lowest BCUT2D eigenvalue weighted by Crippen LogP contribution is -2.30. The van der Waals surface area contributed by atoms with E-state index in [0.29, 0.717) is 11.4 Å². The molecule has 4 aromatic rings. The molecule has 0 bridgehead atoms. The minimum Gasteiger partial charge on any atom is -0.439 e. The first-order valence-electron chi connectivity index (χ1n) is 11.0. The van der Waals surface area contributed by atoms with E-state index in [1.807, 2.05) is 6.92 Å². The summed E-state index contributed by atoms with van der Waals surface area (Å²) >= 11 is 0. The lowest BCUT2D eigenvalue weighted by molar-refractivity contribution is 0.0991. The fraction of sp³-hybridized carbons (Fsp3) is 0.115. The van der Waals surface area contributed by atoms with Crippen molar-refractivity contribution in [2.45, 2.75) is 28.7 Å². The number of hydrogen-bond donors (Lipinski definition) is 1. The Kier molecular flexibility index (Phi) is 7.00. The number of carbonyl (C=O) groups excluding carboxylic acids is 1. The summed E-state index contributed by atoms with van der Waals surface area (Å²) in [5.41, 5.74) is 1.78. The zero-order valence-electron chi connectivity index (χ0n) is 19.6. The number of carbonyl (C=O) groups is 1. The van der Waals surface area contributed by atoms with Gasteiger partial charge >= 0.3 is 0 Å². The van der Waals surface area contributed by atoms with Crippen LogP contribution in [0.4, 0.5) is 11.4 Å². The van der Waals surface area contributed by atoms with Crippen LogP contribution in [-0.4, -0.2) is 29.3 Å². The van der Waals surface area contributed by atoms with Crippen molar-refractivity contribution in [1.82, 2.24) is 0 Å². The molecule has 1 heterocycles. The van der Waals surface area contributed by atoms with Gasteiger partial charge in [0.05, 0.1) is 15.5 Å². The highest BCUT2D eigenvalue weighted by Crippen LogP contribution is 2.26.